The van der Waals surface area contributed by atoms with Gasteiger partial charge in [-0.25, -0.2) is 4.79 Å². The van der Waals surface area contributed by atoms with Gasteiger partial charge in [0.25, 0.3) is 5.91 Å². The SMILES string of the molecule is C=CCn1c(SCC(=O)Nc2sc(C(N)=O)c(C)c2C(=O)OC(C)C)nnc1C(C)Oc1cccc(C)c1. The van der Waals surface area contributed by atoms with Crippen molar-refractivity contribution in [3.8, 4) is 5.75 Å². The molecule has 2 aromatic heterocycles. The number of hydrogen-bond donors (Lipinski definition) is 2. The van der Waals surface area contributed by atoms with E-state index in [9.17, 15) is 14.4 Å². The standard InChI is InChI=1S/C26H31N5O5S2/c1-7-11-31-23(17(6)36-18-10-8-9-15(4)12-18)29-30-26(31)37-13-19(32)28-24-20(25(34)35-14(2)3)16(5)21(38-24)22(27)33/h7-10,12,14,17H,1,11,13H2,2-6H3,(H2,27,33)(H,28,32). The summed E-state index contributed by atoms with van der Waals surface area (Å²) in [6.45, 7) is 13.1. The number of rotatable bonds is 12. The summed E-state index contributed by atoms with van der Waals surface area (Å²) in [5.41, 5.74) is 7.03. The fourth-order valence-electron chi connectivity index (χ4n) is 3.60. The summed E-state index contributed by atoms with van der Waals surface area (Å²) in [5, 5.41) is 12.0. The number of esters is 1. The Morgan fingerprint density at radius 1 is 1.24 bits per heavy atom. The van der Waals surface area contributed by atoms with Crippen molar-refractivity contribution >= 4 is 45.9 Å². The smallest absolute Gasteiger partial charge is 0.341 e. The van der Waals surface area contributed by atoms with E-state index < -0.39 is 23.9 Å². The molecule has 2 heterocycles. The Bertz CT molecular complexity index is 1350. The van der Waals surface area contributed by atoms with Gasteiger partial charge < -0.3 is 20.5 Å². The van der Waals surface area contributed by atoms with Gasteiger partial charge >= 0.3 is 5.97 Å². The maximum Gasteiger partial charge on any atom is 0.341 e. The lowest BCUT2D eigenvalue weighted by molar-refractivity contribution is -0.113. The number of nitrogens with one attached hydrogen (secondary N) is 1. The summed E-state index contributed by atoms with van der Waals surface area (Å²) in [4.78, 5) is 37.5. The normalized spacial score (nSPS) is 11.7. The van der Waals surface area contributed by atoms with Crippen molar-refractivity contribution in [1.29, 1.82) is 0 Å². The van der Waals surface area contributed by atoms with Gasteiger partial charge in [0.1, 0.15) is 10.8 Å². The first-order valence-corrected chi connectivity index (χ1v) is 13.7. The first kappa shape index (κ1) is 28.9. The minimum absolute atomic E-state index is 0.0239. The number of aryl methyl sites for hydroxylation is 1. The fourth-order valence-corrected chi connectivity index (χ4v) is 5.42. The minimum atomic E-state index is -0.687. The lowest BCUT2D eigenvalue weighted by Crippen LogP contribution is -2.18. The Labute approximate surface area is 229 Å². The lowest BCUT2D eigenvalue weighted by Gasteiger charge is -2.16. The molecule has 0 saturated heterocycles. The number of nitrogens with zero attached hydrogens (tertiary/aromatic N) is 3. The number of nitrogens with two attached hydrogens (primary N) is 1. The van der Waals surface area contributed by atoms with Crippen molar-refractivity contribution in [2.45, 2.75) is 58.5 Å². The van der Waals surface area contributed by atoms with E-state index >= 15 is 0 Å². The van der Waals surface area contributed by atoms with Crippen molar-refractivity contribution < 1.29 is 23.9 Å². The number of aromatic nitrogens is 3. The molecule has 0 aliphatic heterocycles. The molecule has 1 unspecified atom stereocenters. The number of carbonyl (C=O) groups is 3. The zero-order chi connectivity index (χ0) is 28.0. The molecular weight excluding hydrogens is 526 g/mol. The van der Waals surface area contributed by atoms with Crippen LogP contribution in [-0.2, 0) is 16.1 Å². The first-order chi connectivity index (χ1) is 18.0. The van der Waals surface area contributed by atoms with E-state index in [1.54, 1.807) is 26.8 Å². The third kappa shape index (κ3) is 7.01. The van der Waals surface area contributed by atoms with Crippen molar-refractivity contribution in [2.75, 3.05) is 11.1 Å². The molecule has 3 aromatic rings. The molecule has 1 atom stereocenters. The van der Waals surface area contributed by atoms with Crippen LogP contribution >= 0.6 is 23.1 Å². The third-order valence-electron chi connectivity index (χ3n) is 5.23. The summed E-state index contributed by atoms with van der Waals surface area (Å²) in [7, 11) is 0. The topological polar surface area (TPSA) is 138 Å². The highest BCUT2D eigenvalue weighted by Gasteiger charge is 2.27. The van der Waals surface area contributed by atoms with Gasteiger partial charge in [-0.2, -0.15) is 0 Å². The fraction of sp³-hybridized carbons (Fsp3) is 0.346. The number of primary amides is 1. The summed E-state index contributed by atoms with van der Waals surface area (Å²) in [5.74, 6) is -0.440. The van der Waals surface area contributed by atoms with Crippen molar-refractivity contribution in [1.82, 2.24) is 14.8 Å². The maximum absolute atomic E-state index is 12.9. The molecule has 0 fully saturated rings. The van der Waals surface area contributed by atoms with E-state index in [4.69, 9.17) is 15.2 Å². The van der Waals surface area contributed by atoms with Gasteiger partial charge in [-0.1, -0.05) is 30.0 Å². The molecule has 0 aliphatic rings. The molecule has 3 rings (SSSR count). The molecule has 0 saturated carbocycles. The Morgan fingerprint density at radius 3 is 2.61 bits per heavy atom. The Hall–Kier alpha value is -3.64. The largest absolute Gasteiger partial charge is 0.483 e. The number of anilines is 1. The highest BCUT2D eigenvalue weighted by Crippen LogP contribution is 2.34. The second-order valence-electron chi connectivity index (χ2n) is 8.73. The van der Waals surface area contributed by atoms with Crippen LogP contribution in [0.4, 0.5) is 5.00 Å². The van der Waals surface area contributed by atoms with Gasteiger partial charge in [0.2, 0.25) is 5.91 Å². The minimum Gasteiger partial charge on any atom is -0.483 e. The molecule has 1 aromatic carbocycles. The molecule has 0 bridgehead atoms. The molecule has 38 heavy (non-hydrogen) atoms. The molecule has 10 nitrogen and oxygen atoms in total. The highest BCUT2D eigenvalue weighted by molar-refractivity contribution is 7.99. The van der Waals surface area contributed by atoms with Crippen LogP contribution < -0.4 is 15.8 Å². The molecular formula is C26H31N5O5S2. The van der Waals surface area contributed by atoms with E-state index in [0.717, 1.165) is 16.9 Å². The van der Waals surface area contributed by atoms with E-state index in [2.05, 4.69) is 22.1 Å². The van der Waals surface area contributed by atoms with E-state index in [1.807, 2.05) is 42.7 Å². The maximum atomic E-state index is 12.9. The molecule has 2 amide bonds. The second kappa shape index (κ2) is 12.7. The van der Waals surface area contributed by atoms with Crippen LogP contribution in [0.3, 0.4) is 0 Å². The van der Waals surface area contributed by atoms with Crippen LogP contribution in [0.5, 0.6) is 5.75 Å². The van der Waals surface area contributed by atoms with Crippen LogP contribution in [0.2, 0.25) is 0 Å². The summed E-state index contributed by atoms with van der Waals surface area (Å²) >= 11 is 2.12. The summed E-state index contributed by atoms with van der Waals surface area (Å²) < 4.78 is 13.2. The molecule has 3 N–H and O–H groups in total. The van der Waals surface area contributed by atoms with Crippen molar-refractivity contribution in [3.63, 3.8) is 0 Å². The van der Waals surface area contributed by atoms with E-state index in [-0.39, 0.29) is 27.3 Å². The van der Waals surface area contributed by atoms with Crippen LogP contribution in [-0.4, -0.2) is 44.4 Å². The monoisotopic (exact) mass is 557 g/mol. The first-order valence-electron chi connectivity index (χ1n) is 11.9. The van der Waals surface area contributed by atoms with Crippen molar-refractivity contribution in [3.05, 3.63) is 64.3 Å². The van der Waals surface area contributed by atoms with Crippen molar-refractivity contribution in [2.24, 2.45) is 5.73 Å². The van der Waals surface area contributed by atoms with Gasteiger partial charge in [0.15, 0.2) is 17.1 Å². The number of carbonyl (C=O) groups excluding carboxylic acids is 3. The van der Waals surface area contributed by atoms with Crippen LogP contribution in [0, 0.1) is 13.8 Å². The predicted octanol–water partition coefficient (Wildman–Crippen LogP) is 4.68. The average Bonchev–Trinajstić information content (AvgIpc) is 3.38. The van der Waals surface area contributed by atoms with Crippen LogP contribution in [0.15, 0.2) is 42.1 Å². The quantitative estimate of drug-likeness (QED) is 0.186. The summed E-state index contributed by atoms with van der Waals surface area (Å²) in [6.07, 6.45) is 0.937. The number of benzene rings is 1. The zero-order valence-corrected chi connectivity index (χ0v) is 23.6. The molecule has 0 spiro atoms. The average molecular weight is 558 g/mol. The van der Waals surface area contributed by atoms with Gasteiger partial charge in [-0.05, 0) is 57.9 Å². The number of ether oxygens (including phenoxy) is 2. The molecule has 12 heteroatoms. The highest BCUT2D eigenvalue weighted by atomic mass is 32.2. The Balaban J connectivity index is 1.75. The predicted molar refractivity (Wildman–Crippen MR) is 148 cm³/mol. The number of amides is 2. The molecule has 202 valence electrons. The lowest BCUT2D eigenvalue weighted by atomic mass is 10.1. The molecule has 0 aliphatic carbocycles. The Kier molecular flexibility index (Phi) is 9.70. The third-order valence-corrected chi connectivity index (χ3v) is 7.41. The van der Waals surface area contributed by atoms with Crippen LogP contribution in [0.25, 0.3) is 0 Å². The van der Waals surface area contributed by atoms with Gasteiger partial charge in [-0.15, -0.1) is 28.1 Å². The summed E-state index contributed by atoms with van der Waals surface area (Å²) in [6, 6.07) is 7.71. The van der Waals surface area contributed by atoms with Crippen LogP contribution in [0.1, 0.15) is 63.9 Å². The Morgan fingerprint density at radius 2 is 1.97 bits per heavy atom. The second-order valence-corrected chi connectivity index (χ2v) is 10.7. The number of thioether (sulfide) groups is 1. The zero-order valence-electron chi connectivity index (χ0n) is 21.9. The number of allylic oxidation sites excluding steroid dienone is 1. The van der Waals surface area contributed by atoms with Gasteiger partial charge in [0.05, 0.1) is 22.3 Å². The van der Waals surface area contributed by atoms with E-state index in [0.29, 0.717) is 28.8 Å². The van der Waals surface area contributed by atoms with E-state index in [1.165, 1.54) is 11.8 Å². The van der Waals surface area contributed by atoms with Gasteiger partial charge in [0, 0.05) is 6.54 Å². The molecule has 0 radical (unpaired) electrons. The van der Waals surface area contributed by atoms with Gasteiger partial charge in [-0.3, -0.25) is 14.2 Å². The number of hydrogen-bond acceptors (Lipinski definition) is 9. The number of thiophene rings is 1.